The molecule has 1 N–H and O–H groups in total. The number of carbonyl (C=O) groups is 2. The predicted molar refractivity (Wildman–Crippen MR) is 84.3 cm³/mol. The molecule has 0 saturated carbocycles. The van der Waals surface area contributed by atoms with E-state index in [0.717, 1.165) is 29.1 Å². The Morgan fingerprint density at radius 3 is 2.44 bits per heavy atom. The highest BCUT2D eigenvalue weighted by molar-refractivity contribution is 7.10. The SMILES string of the molecule is C[C@@H](NC(=O)COC(=O)c1ccc(OC(F)(F)F)cc1)c1cccs1. The van der Waals surface area contributed by atoms with Crippen LogP contribution in [0.3, 0.4) is 0 Å². The van der Waals surface area contributed by atoms with Crippen molar-refractivity contribution in [3.8, 4) is 5.75 Å². The van der Waals surface area contributed by atoms with Crippen molar-refractivity contribution in [3.63, 3.8) is 0 Å². The van der Waals surface area contributed by atoms with Crippen molar-refractivity contribution in [2.45, 2.75) is 19.3 Å². The molecule has 1 aromatic carbocycles. The van der Waals surface area contributed by atoms with E-state index in [1.54, 1.807) is 6.92 Å². The summed E-state index contributed by atoms with van der Waals surface area (Å²) < 4.78 is 44.7. The van der Waals surface area contributed by atoms with Crippen LogP contribution in [0.1, 0.15) is 28.2 Å². The van der Waals surface area contributed by atoms with Crippen molar-refractivity contribution in [1.82, 2.24) is 5.32 Å². The second-order valence-electron chi connectivity index (χ2n) is 4.95. The molecule has 9 heteroatoms. The van der Waals surface area contributed by atoms with Crippen LogP contribution in [0.2, 0.25) is 0 Å². The molecule has 5 nitrogen and oxygen atoms in total. The lowest BCUT2D eigenvalue weighted by Crippen LogP contribution is -2.30. The van der Waals surface area contributed by atoms with Gasteiger partial charge in [0, 0.05) is 4.88 Å². The van der Waals surface area contributed by atoms with Gasteiger partial charge in [0.2, 0.25) is 0 Å². The van der Waals surface area contributed by atoms with Gasteiger partial charge in [-0.05, 0) is 42.6 Å². The van der Waals surface area contributed by atoms with Crippen LogP contribution >= 0.6 is 11.3 Å². The molecule has 0 aliphatic heterocycles. The minimum Gasteiger partial charge on any atom is -0.452 e. The molecule has 0 bridgehead atoms. The number of halogens is 3. The minimum absolute atomic E-state index is 0.00799. The first-order chi connectivity index (χ1) is 11.7. The van der Waals surface area contributed by atoms with Gasteiger partial charge in [-0.2, -0.15) is 0 Å². The normalized spacial score (nSPS) is 12.3. The number of rotatable bonds is 6. The van der Waals surface area contributed by atoms with E-state index in [2.05, 4.69) is 10.1 Å². The number of amides is 1. The molecular weight excluding hydrogens is 359 g/mol. The lowest BCUT2D eigenvalue weighted by molar-refractivity contribution is -0.274. The summed E-state index contributed by atoms with van der Waals surface area (Å²) in [6, 6.07) is 7.73. The molecule has 0 unspecified atom stereocenters. The standard InChI is InChI=1S/C16H14F3NO4S/c1-10(13-3-2-8-25-13)20-14(21)9-23-15(22)11-4-6-12(7-5-11)24-16(17,18)19/h2-8,10H,9H2,1H3,(H,20,21)/t10-/m1/s1. The molecule has 2 rings (SSSR count). The Balaban J connectivity index is 1.82. The molecule has 0 aliphatic rings. The molecule has 1 heterocycles. The topological polar surface area (TPSA) is 64.6 Å². The largest absolute Gasteiger partial charge is 0.573 e. The Bertz CT molecular complexity index is 714. The first-order valence-electron chi connectivity index (χ1n) is 7.10. The second kappa shape index (κ2) is 8.02. The summed E-state index contributed by atoms with van der Waals surface area (Å²) in [5.74, 6) is -1.75. The van der Waals surface area contributed by atoms with Crippen LogP contribution in [0, 0.1) is 0 Å². The molecule has 0 radical (unpaired) electrons. The minimum atomic E-state index is -4.81. The Kier molecular flexibility index (Phi) is 6.02. The molecule has 2 aromatic rings. The third kappa shape index (κ3) is 6.11. The number of hydrogen-bond donors (Lipinski definition) is 1. The van der Waals surface area contributed by atoms with E-state index in [4.69, 9.17) is 4.74 Å². The van der Waals surface area contributed by atoms with E-state index >= 15 is 0 Å². The van der Waals surface area contributed by atoms with Crippen LogP contribution in [0.4, 0.5) is 13.2 Å². The van der Waals surface area contributed by atoms with Crippen molar-refractivity contribution in [1.29, 1.82) is 0 Å². The number of hydrogen-bond acceptors (Lipinski definition) is 5. The highest BCUT2D eigenvalue weighted by atomic mass is 32.1. The van der Waals surface area contributed by atoms with Crippen molar-refractivity contribution < 1.29 is 32.2 Å². The number of thiophene rings is 1. The maximum Gasteiger partial charge on any atom is 0.573 e. The van der Waals surface area contributed by atoms with E-state index in [1.165, 1.54) is 11.3 Å². The molecule has 0 saturated heterocycles. The monoisotopic (exact) mass is 373 g/mol. The van der Waals surface area contributed by atoms with Gasteiger partial charge in [0.15, 0.2) is 6.61 Å². The number of alkyl halides is 3. The van der Waals surface area contributed by atoms with E-state index < -0.39 is 30.6 Å². The molecule has 0 fully saturated rings. The lowest BCUT2D eigenvalue weighted by Gasteiger charge is -2.12. The fraction of sp³-hybridized carbons (Fsp3) is 0.250. The molecular formula is C16H14F3NO4S. The number of ether oxygens (including phenoxy) is 2. The highest BCUT2D eigenvalue weighted by Gasteiger charge is 2.31. The van der Waals surface area contributed by atoms with Crippen molar-refractivity contribution in [3.05, 3.63) is 52.2 Å². The summed E-state index contributed by atoms with van der Waals surface area (Å²) in [6.45, 7) is 1.31. The molecule has 0 aliphatic carbocycles. The van der Waals surface area contributed by atoms with Crippen LogP contribution in [0.15, 0.2) is 41.8 Å². The summed E-state index contributed by atoms with van der Waals surface area (Å²) in [4.78, 5) is 24.5. The van der Waals surface area contributed by atoms with Gasteiger partial charge >= 0.3 is 12.3 Å². The van der Waals surface area contributed by atoms with E-state index in [0.29, 0.717) is 0 Å². The van der Waals surface area contributed by atoms with Crippen molar-refractivity contribution in [2.24, 2.45) is 0 Å². The predicted octanol–water partition coefficient (Wildman–Crippen LogP) is 3.68. The summed E-state index contributed by atoms with van der Waals surface area (Å²) >= 11 is 1.48. The molecule has 1 amide bonds. The fourth-order valence-electron chi connectivity index (χ4n) is 1.90. The van der Waals surface area contributed by atoms with Gasteiger partial charge in [-0.3, -0.25) is 4.79 Å². The zero-order valence-corrected chi connectivity index (χ0v) is 13.8. The van der Waals surface area contributed by atoms with Crippen LogP contribution in [-0.4, -0.2) is 24.8 Å². The number of nitrogens with one attached hydrogen (secondary N) is 1. The van der Waals surface area contributed by atoms with Gasteiger partial charge in [0.1, 0.15) is 5.75 Å². The quantitative estimate of drug-likeness (QED) is 0.785. The summed E-state index contributed by atoms with van der Waals surface area (Å²) in [6.07, 6.45) is -4.81. The maximum atomic E-state index is 12.1. The molecule has 25 heavy (non-hydrogen) atoms. The zero-order chi connectivity index (χ0) is 18.4. The average Bonchev–Trinajstić information content (AvgIpc) is 3.06. The van der Waals surface area contributed by atoms with Gasteiger partial charge in [0.05, 0.1) is 11.6 Å². The molecule has 1 aromatic heterocycles. The third-order valence-electron chi connectivity index (χ3n) is 3.01. The van der Waals surface area contributed by atoms with Gasteiger partial charge in [-0.25, -0.2) is 4.79 Å². The van der Waals surface area contributed by atoms with Crippen LogP contribution < -0.4 is 10.1 Å². The Morgan fingerprint density at radius 1 is 1.20 bits per heavy atom. The Labute approximate surface area is 145 Å². The first-order valence-corrected chi connectivity index (χ1v) is 7.98. The summed E-state index contributed by atoms with van der Waals surface area (Å²) in [5.41, 5.74) is 0.00799. The number of benzene rings is 1. The molecule has 1 atom stereocenters. The smallest absolute Gasteiger partial charge is 0.452 e. The van der Waals surface area contributed by atoms with Crippen molar-refractivity contribution >= 4 is 23.2 Å². The van der Waals surface area contributed by atoms with Crippen LogP contribution in [0.5, 0.6) is 5.75 Å². The second-order valence-corrected chi connectivity index (χ2v) is 5.93. The van der Waals surface area contributed by atoms with Crippen LogP contribution in [0.25, 0.3) is 0 Å². The Morgan fingerprint density at radius 2 is 1.88 bits per heavy atom. The lowest BCUT2D eigenvalue weighted by atomic mass is 10.2. The first kappa shape index (κ1) is 18.8. The average molecular weight is 373 g/mol. The number of carbonyl (C=O) groups excluding carboxylic acids is 2. The highest BCUT2D eigenvalue weighted by Crippen LogP contribution is 2.23. The maximum absolute atomic E-state index is 12.1. The van der Waals surface area contributed by atoms with Gasteiger partial charge < -0.3 is 14.8 Å². The summed E-state index contributed by atoms with van der Waals surface area (Å²) in [7, 11) is 0. The van der Waals surface area contributed by atoms with Crippen molar-refractivity contribution in [2.75, 3.05) is 6.61 Å². The van der Waals surface area contributed by atoms with E-state index in [-0.39, 0.29) is 11.6 Å². The Hall–Kier alpha value is -2.55. The fourth-order valence-corrected chi connectivity index (χ4v) is 2.63. The van der Waals surface area contributed by atoms with Gasteiger partial charge in [0.25, 0.3) is 5.91 Å². The van der Waals surface area contributed by atoms with Gasteiger partial charge in [-0.15, -0.1) is 24.5 Å². The molecule has 134 valence electrons. The van der Waals surface area contributed by atoms with E-state index in [1.807, 2.05) is 17.5 Å². The van der Waals surface area contributed by atoms with Crippen LogP contribution in [-0.2, 0) is 9.53 Å². The summed E-state index contributed by atoms with van der Waals surface area (Å²) in [5, 5.41) is 4.55. The third-order valence-corrected chi connectivity index (χ3v) is 4.06. The zero-order valence-electron chi connectivity index (χ0n) is 13.0. The number of esters is 1. The van der Waals surface area contributed by atoms with Gasteiger partial charge in [-0.1, -0.05) is 6.07 Å². The molecule has 0 spiro atoms. The van der Waals surface area contributed by atoms with E-state index in [9.17, 15) is 22.8 Å².